The van der Waals surface area contributed by atoms with Crippen LogP contribution in [-0.2, 0) is 14.3 Å². The molecular weight excluding hydrogens is 220 g/mol. The lowest BCUT2D eigenvalue weighted by Gasteiger charge is -2.36. The SMILES string of the molecule is C=C[SiH2]C1(OC(=O)C(C)=CC)CCCCO1. The summed E-state index contributed by atoms with van der Waals surface area (Å²) in [7, 11) is -0.742. The van der Waals surface area contributed by atoms with Crippen molar-refractivity contribution < 1.29 is 14.3 Å². The van der Waals surface area contributed by atoms with Gasteiger partial charge in [0.25, 0.3) is 0 Å². The van der Waals surface area contributed by atoms with Crippen LogP contribution in [0.5, 0.6) is 0 Å². The topological polar surface area (TPSA) is 35.5 Å². The fraction of sp³-hybridized carbons (Fsp3) is 0.583. The molecule has 1 fully saturated rings. The van der Waals surface area contributed by atoms with E-state index in [4.69, 9.17) is 9.47 Å². The van der Waals surface area contributed by atoms with Gasteiger partial charge < -0.3 is 9.47 Å². The van der Waals surface area contributed by atoms with Crippen molar-refractivity contribution in [1.29, 1.82) is 0 Å². The van der Waals surface area contributed by atoms with E-state index in [1.165, 1.54) is 0 Å². The van der Waals surface area contributed by atoms with Crippen molar-refractivity contribution in [2.75, 3.05) is 6.61 Å². The van der Waals surface area contributed by atoms with Gasteiger partial charge in [-0.15, -0.1) is 12.3 Å². The Balaban J connectivity index is 2.70. The molecule has 0 spiro atoms. The van der Waals surface area contributed by atoms with Crippen molar-refractivity contribution in [3.8, 4) is 0 Å². The highest BCUT2D eigenvalue weighted by Crippen LogP contribution is 2.26. The van der Waals surface area contributed by atoms with Crippen LogP contribution in [0.4, 0.5) is 0 Å². The molecule has 3 nitrogen and oxygen atoms in total. The summed E-state index contributed by atoms with van der Waals surface area (Å²) in [6, 6.07) is 0. The Morgan fingerprint density at radius 2 is 2.31 bits per heavy atom. The molecule has 16 heavy (non-hydrogen) atoms. The normalized spacial score (nSPS) is 27.0. The Bertz CT molecular complexity index is 291. The van der Waals surface area contributed by atoms with E-state index in [0.29, 0.717) is 12.2 Å². The molecule has 1 atom stereocenters. The molecule has 0 aromatic carbocycles. The van der Waals surface area contributed by atoms with Crippen LogP contribution in [0.3, 0.4) is 0 Å². The van der Waals surface area contributed by atoms with E-state index in [1.807, 2.05) is 12.6 Å². The second-order valence-electron chi connectivity index (χ2n) is 4.07. The molecule has 0 aromatic heterocycles. The van der Waals surface area contributed by atoms with Gasteiger partial charge in [0.05, 0.1) is 6.61 Å². The maximum Gasteiger partial charge on any atom is 0.335 e. The minimum absolute atomic E-state index is 0.265. The van der Waals surface area contributed by atoms with Gasteiger partial charge in [-0.1, -0.05) is 6.08 Å². The van der Waals surface area contributed by atoms with Crippen LogP contribution >= 0.6 is 0 Å². The monoisotopic (exact) mass is 240 g/mol. The lowest BCUT2D eigenvalue weighted by atomic mass is 10.2. The molecule has 0 aromatic rings. The molecule has 0 radical (unpaired) electrons. The third kappa shape index (κ3) is 3.32. The molecule has 1 heterocycles. The van der Waals surface area contributed by atoms with Crippen LogP contribution in [0.2, 0.25) is 0 Å². The Kier molecular flexibility index (Phi) is 4.95. The zero-order valence-electron chi connectivity index (χ0n) is 10.1. The maximum atomic E-state index is 11.7. The van der Waals surface area contributed by atoms with E-state index in [-0.39, 0.29) is 5.97 Å². The zero-order valence-corrected chi connectivity index (χ0v) is 11.5. The summed E-state index contributed by atoms with van der Waals surface area (Å²) < 4.78 is 11.2. The Labute approximate surface area is 99.3 Å². The number of hydrogen-bond donors (Lipinski definition) is 0. The van der Waals surface area contributed by atoms with Gasteiger partial charge in [-0.3, -0.25) is 0 Å². The number of esters is 1. The molecule has 0 amide bonds. The highest BCUT2D eigenvalue weighted by Gasteiger charge is 2.36. The van der Waals surface area contributed by atoms with Gasteiger partial charge in [0.15, 0.2) is 5.41 Å². The molecule has 1 aliphatic rings. The second-order valence-corrected chi connectivity index (χ2v) is 6.13. The molecule has 1 saturated heterocycles. The van der Waals surface area contributed by atoms with Crippen molar-refractivity contribution in [1.82, 2.24) is 0 Å². The third-order valence-electron chi connectivity index (χ3n) is 2.81. The molecule has 1 aliphatic heterocycles. The van der Waals surface area contributed by atoms with Crippen molar-refractivity contribution in [2.45, 2.75) is 38.5 Å². The van der Waals surface area contributed by atoms with Gasteiger partial charge in [0, 0.05) is 12.0 Å². The number of rotatable bonds is 4. The van der Waals surface area contributed by atoms with Crippen LogP contribution in [-0.4, -0.2) is 27.5 Å². The van der Waals surface area contributed by atoms with Gasteiger partial charge in [-0.25, -0.2) is 4.79 Å². The molecular formula is C12H20O3Si. The molecule has 90 valence electrons. The number of allylic oxidation sites excluding steroid dienone is 1. The first-order valence-electron chi connectivity index (χ1n) is 5.74. The Morgan fingerprint density at radius 3 is 2.81 bits per heavy atom. The van der Waals surface area contributed by atoms with E-state index in [9.17, 15) is 4.79 Å². The smallest absolute Gasteiger partial charge is 0.335 e. The van der Waals surface area contributed by atoms with E-state index in [2.05, 4.69) is 6.58 Å². The van der Waals surface area contributed by atoms with Crippen molar-refractivity contribution in [3.63, 3.8) is 0 Å². The van der Waals surface area contributed by atoms with Crippen LogP contribution < -0.4 is 0 Å². The molecule has 0 bridgehead atoms. The minimum atomic E-state index is -0.742. The summed E-state index contributed by atoms with van der Waals surface area (Å²) in [6.07, 6.45) is 4.68. The minimum Gasteiger partial charge on any atom is -0.434 e. The lowest BCUT2D eigenvalue weighted by Crippen LogP contribution is -2.46. The van der Waals surface area contributed by atoms with Gasteiger partial charge in [0.1, 0.15) is 9.52 Å². The lowest BCUT2D eigenvalue weighted by molar-refractivity contribution is -0.203. The zero-order chi connectivity index (χ0) is 12.0. The largest absolute Gasteiger partial charge is 0.434 e. The molecule has 0 saturated carbocycles. The highest BCUT2D eigenvalue weighted by atomic mass is 28.2. The highest BCUT2D eigenvalue weighted by molar-refractivity contribution is 6.45. The van der Waals surface area contributed by atoms with Crippen LogP contribution in [0.1, 0.15) is 33.1 Å². The first-order chi connectivity index (χ1) is 7.63. The fourth-order valence-corrected chi connectivity index (χ4v) is 3.07. The van der Waals surface area contributed by atoms with Gasteiger partial charge in [-0.05, 0) is 26.7 Å². The first-order valence-corrected chi connectivity index (χ1v) is 7.27. The average molecular weight is 240 g/mol. The van der Waals surface area contributed by atoms with E-state index >= 15 is 0 Å². The Hall–Kier alpha value is -0.873. The van der Waals surface area contributed by atoms with Crippen molar-refractivity contribution >= 4 is 15.5 Å². The van der Waals surface area contributed by atoms with Crippen LogP contribution in [0, 0.1) is 0 Å². The third-order valence-corrected chi connectivity index (χ3v) is 4.42. The predicted octanol–water partition coefficient (Wildman–Crippen LogP) is 1.66. The van der Waals surface area contributed by atoms with Gasteiger partial charge in [-0.2, -0.15) is 0 Å². The summed E-state index contributed by atoms with van der Waals surface area (Å²) in [5, 5.41) is 0. The molecule has 1 unspecified atom stereocenters. The van der Waals surface area contributed by atoms with Crippen molar-refractivity contribution in [2.24, 2.45) is 0 Å². The number of carbonyl (C=O) groups excluding carboxylic acids is 1. The summed E-state index contributed by atoms with van der Waals surface area (Å²) >= 11 is 0. The van der Waals surface area contributed by atoms with Crippen LogP contribution in [0.15, 0.2) is 23.9 Å². The number of carbonyl (C=O) groups is 1. The molecule has 4 heteroatoms. The van der Waals surface area contributed by atoms with Crippen molar-refractivity contribution in [3.05, 3.63) is 23.9 Å². The standard InChI is InChI=1S/C12H20O3Si/c1-4-10(3)11(13)15-12(16-5-2)8-6-7-9-14-12/h4-5H,2,6-9,16H2,1,3H3. The quantitative estimate of drug-likeness (QED) is 0.426. The predicted molar refractivity (Wildman–Crippen MR) is 66.8 cm³/mol. The number of ether oxygens (including phenoxy) is 2. The first kappa shape index (κ1) is 13.2. The van der Waals surface area contributed by atoms with E-state index in [0.717, 1.165) is 19.3 Å². The molecule has 1 rings (SSSR count). The maximum absolute atomic E-state index is 11.7. The van der Waals surface area contributed by atoms with Gasteiger partial charge >= 0.3 is 5.97 Å². The van der Waals surface area contributed by atoms with Gasteiger partial charge in [0.2, 0.25) is 0 Å². The average Bonchev–Trinajstić information content (AvgIpc) is 2.29. The van der Waals surface area contributed by atoms with Crippen LogP contribution in [0.25, 0.3) is 0 Å². The Morgan fingerprint density at radius 1 is 1.56 bits per heavy atom. The summed E-state index contributed by atoms with van der Waals surface area (Å²) in [6.45, 7) is 8.02. The molecule has 0 N–H and O–H groups in total. The summed E-state index contributed by atoms with van der Waals surface area (Å²) in [5.41, 5.74) is 1.87. The number of hydrogen-bond acceptors (Lipinski definition) is 3. The van der Waals surface area contributed by atoms with E-state index < -0.39 is 14.9 Å². The summed E-state index contributed by atoms with van der Waals surface area (Å²) in [4.78, 5) is 11.7. The van der Waals surface area contributed by atoms with E-state index in [1.54, 1.807) is 13.0 Å². The molecule has 0 aliphatic carbocycles. The summed E-state index contributed by atoms with van der Waals surface area (Å²) in [5.74, 6) is -0.265. The second kappa shape index (κ2) is 6.01. The fourth-order valence-electron chi connectivity index (χ4n) is 1.70.